The topological polar surface area (TPSA) is 64.7 Å². The number of nitro benzene ring substituents is 1. The predicted octanol–water partition coefficient (Wildman–Crippen LogP) is 4.15. The van der Waals surface area contributed by atoms with Crippen molar-refractivity contribution in [3.05, 3.63) is 39.7 Å². The number of ether oxygens (including phenoxy) is 1. The van der Waals surface area contributed by atoms with Crippen LogP contribution in [0.1, 0.15) is 32.3 Å². The molecule has 0 N–H and O–H groups in total. The van der Waals surface area contributed by atoms with Crippen molar-refractivity contribution in [1.82, 2.24) is 0 Å². The summed E-state index contributed by atoms with van der Waals surface area (Å²) in [4.78, 5) is 14.0. The van der Waals surface area contributed by atoms with Crippen molar-refractivity contribution < 1.29 is 27.2 Å². The summed E-state index contributed by atoms with van der Waals surface area (Å²) in [6.45, 7) is 2.41. The fourth-order valence-corrected chi connectivity index (χ4v) is 3.15. The van der Waals surface area contributed by atoms with Gasteiger partial charge in [-0.05, 0) is 25.8 Å². The SMILES string of the molecule is CC1=N[C@](C)(c2cc([N+](=O)[O-])ccc2F)[C@@H](F)[C@@H](C(F)(F)C2CC2)O1. The Kier molecular flexibility index (Phi) is 4.00. The minimum absolute atomic E-state index is 0.215. The summed E-state index contributed by atoms with van der Waals surface area (Å²) in [5.41, 5.74) is -2.98. The second-order valence-corrected chi connectivity index (χ2v) is 6.59. The number of hydrogen-bond donors (Lipinski definition) is 0. The molecule has 1 aromatic carbocycles. The highest BCUT2D eigenvalue weighted by atomic mass is 19.3. The van der Waals surface area contributed by atoms with Crippen molar-refractivity contribution in [3.8, 4) is 0 Å². The number of non-ortho nitro benzene ring substituents is 1. The number of halogens is 4. The zero-order valence-corrected chi connectivity index (χ0v) is 13.5. The molecule has 0 radical (unpaired) electrons. The first-order valence-electron chi connectivity index (χ1n) is 7.76. The number of alkyl halides is 3. The van der Waals surface area contributed by atoms with Gasteiger partial charge in [-0.1, -0.05) is 0 Å². The Hall–Kier alpha value is -2.19. The lowest BCUT2D eigenvalue weighted by atomic mass is 9.81. The van der Waals surface area contributed by atoms with E-state index in [9.17, 15) is 23.3 Å². The van der Waals surface area contributed by atoms with Crippen LogP contribution < -0.4 is 0 Å². The standard InChI is InChI=1S/C16H16F4N2O3/c1-8-21-15(2,11-7-10(22(23)24)5-6-12(11)17)13(18)14(25-8)16(19,20)9-3-4-9/h5-7,9,13-14H,3-4H2,1-2H3/t13-,14-,15+/m0/s1. The van der Waals surface area contributed by atoms with Crippen molar-refractivity contribution in [3.63, 3.8) is 0 Å². The maximum Gasteiger partial charge on any atom is 0.289 e. The molecular formula is C16H16F4N2O3. The van der Waals surface area contributed by atoms with Crippen LogP contribution in [0.25, 0.3) is 0 Å². The van der Waals surface area contributed by atoms with E-state index in [-0.39, 0.29) is 18.7 Å². The predicted molar refractivity (Wildman–Crippen MR) is 81.0 cm³/mol. The molecule has 1 saturated carbocycles. The van der Waals surface area contributed by atoms with E-state index in [1.165, 1.54) is 6.92 Å². The molecule has 1 heterocycles. The third-order valence-electron chi connectivity index (χ3n) is 4.70. The van der Waals surface area contributed by atoms with Gasteiger partial charge in [-0.25, -0.2) is 22.6 Å². The first-order valence-corrected chi connectivity index (χ1v) is 7.76. The summed E-state index contributed by atoms with van der Waals surface area (Å²) in [7, 11) is 0. The monoisotopic (exact) mass is 360 g/mol. The fraction of sp³-hybridized carbons (Fsp3) is 0.562. The molecule has 0 bridgehead atoms. The molecule has 136 valence electrons. The Morgan fingerprint density at radius 3 is 2.60 bits per heavy atom. The van der Waals surface area contributed by atoms with Crippen LogP contribution in [0.15, 0.2) is 23.2 Å². The second-order valence-electron chi connectivity index (χ2n) is 6.59. The Morgan fingerprint density at radius 2 is 2.04 bits per heavy atom. The van der Waals surface area contributed by atoms with Gasteiger partial charge in [-0.15, -0.1) is 0 Å². The summed E-state index contributed by atoms with van der Waals surface area (Å²) < 4.78 is 63.3. The average Bonchev–Trinajstić information content (AvgIpc) is 3.36. The lowest BCUT2D eigenvalue weighted by molar-refractivity contribution is -0.385. The summed E-state index contributed by atoms with van der Waals surface area (Å²) in [6.07, 6.45) is -3.97. The van der Waals surface area contributed by atoms with Gasteiger partial charge in [0, 0.05) is 30.5 Å². The maximum atomic E-state index is 15.1. The van der Waals surface area contributed by atoms with E-state index in [4.69, 9.17) is 4.74 Å². The smallest absolute Gasteiger partial charge is 0.289 e. The Bertz CT molecular complexity index is 751. The fourth-order valence-electron chi connectivity index (χ4n) is 3.15. The summed E-state index contributed by atoms with van der Waals surface area (Å²) >= 11 is 0. The van der Waals surface area contributed by atoms with E-state index in [0.29, 0.717) is 0 Å². The van der Waals surface area contributed by atoms with E-state index in [1.807, 2.05) is 0 Å². The molecule has 2 aliphatic rings. The average molecular weight is 360 g/mol. The van der Waals surface area contributed by atoms with Crippen LogP contribution in [0.3, 0.4) is 0 Å². The molecule has 25 heavy (non-hydrogen) atoms. The lowest BCUT2D eigenvalue weighted by Gasteiger charge is -2.41. The molecular weight excluding hydrogens is 344 g/mol. The largest absolute Gasteiger partial charge is 0.468 e. The van der Waals surface area contributed by atoms with Crippen LogP contribution in [0, 0.1) is 21.8 Å². The van der Waals surface area contributed by atoms with Gasteiger partial charge in [0.15, 0.2) is 18.2 Å². The first-order chi connectivity index (χ1) is 11.6. The Balaban J connectivity index is 2.09. The summed E-state index contributed by atoms with van der Waals surface area (Å²) in [6, 6.07) is 2.55. The highest BCUT2D eigenvalue weighted by Crippen LogP contribution is 2.51. The van der Waals surface area contributed by atoms with E-state index in [0.717, 1.165) is 25.1 Å². The van der Waals surface area contributed by atoms with Crippen molar-refractivity contribution in [2.24, 2.45) is 10.9 Å². The van der Waals surface area contributed by atoms with E-state index < -0.39 is 51.6 Å². The molecule has 1 aliphatic heterocycles. The molecule has 1 aromatic rings. The number of hydrogen-bond acceptors (Lipinski definition) is 4. The number of benzene rings is 1. The van der Waals surface area contributed by atoms with E-state index >= 15 is 4.39 Å². The third kappa shape index (κ3) is 2.85. The highest BCUT2D eigenvalue weighted by Gasteiger charge is 2.62. The zero-order valence-electron chi connectivity index (χ0n) is 13.5. The molecule has 5 nitrogen and oxygen atoms in total. The van der Waals surface area contributed by atoms with Gasteiger partial charge in [0.1, 0.15) is 11.4 Å². The van der Waals surface area contributed by atoms with Gasteiger partial charge in [0.05, 0.1) is 4.92 Å². The van der Waals surface area contributed by atoms with Gasteiger partial charge in [-0.3, -0.25) is 10.1 Å². The van der Waals surface area contributed by atoms with Crippen LogP contribution in [0.5, 0.6) is 0 Å². The first kappa shape index (κ1) is 17.6. The molecule has 1 fully saturated rings. The second kappa shape index (κ2) is 5.67. The minimum Gasteiger partial charge on any atom is -0.468 e. The van der Waals surface area contributed by atoms with Crippen LogP contribution in [0.4, 0.5) is 23.2 Å². The van der Waals surface area contributed by atoms with E-state index in [1.54, 1.807) is 0 Å². The molecule has 3 rings (SSSR count). The highest BCUT2D eigenvalue weighted by molar-refractivity contribution is 5.75. The normalized spacial score (nSPS) is 29.8. The van der Waals surface area contributed by atoms with Gasteiger partial charge in [0.2, 0.25) is 0 Å². The molecule has 0 spiro atoms. The molecule has 1 aliphatic carbocycles. The molecule has 0 unspecified atom stereocenters. The van der Waals surface area contributed by atoms with Gasteiger partial charge in [-0.2, -0.15) is 0 Å². The van der Waals surface area contributed by atoms with E-state index in [2.05, 4.69) is 4.99 Å². The molecule has 0 aromatic heterocycles. The Morgan fingerprint density at radius 1 is 1.40 bits per heavy atom. The summed E-state index contributed by atoms with van der Waals surface area (Å²) in [5, 5.41) is 10.9. The van der Waals surface area contributed by atoms with Gasteiger partial charge < -0.3 is 4.74 Å². The molecule has 0 amide bonds. The number of nitrogens with zero attached hydrogens (tertiary/aromatic N) is 2. The zero-order chi connectivity index (χ0) is 18.6. The number of rotatable bonds is 4. The van der Waals surface area contributed by atoms with Crippen LogP contribution >= 0.6 is 0 Å². The maximum absolute atomic E-state index is 15.1. The van der Waals surface area contributed by atoms with Crippen molar-refractivity contribution in [2.45, 2.75) is 50.4 Å². The molecule has 9 heteroatoms. The molecule has 0 saturated heterocycles. The van der Waals surface area contributed by atoms with Crippen LogP contribution in [0.2, 0.25) is 0 Å². The minimum atomic E-state index is -3.44. The van der Waals surface area contributed by atoms with Crippen molar-refractivity contribution >= 4 is 11.6 Å². The van der Waals surface area contributed by atoms with Crippen LogP contribution in [-0.4, -0.2) is 29.0 Å². The number of nitro groups is 1. The molecule has 3 atom stereocenters. The van der Waals surface area contributed by atoms with Gasteiger partial charge in [0.25, 0.3) is 11.6 Å². The Labute approximate surface area is 140 Å². The quantitative estimate of drug-likeness (QED) is 0.460. The van der Waals surface area contributed by atoms with Crippen molar-refractivity contribution in [1.29, 1.82) is 0 Å². The third-order valence-corrected chi connectivity index (χ3v) is 4.70. The number of aliphatic imine (C=N–C) groups is 1. The van der Waals surface area contributed by atoms with Gasteiger partial charge >= 0.3 is 0 Å². The summed E-state index contributed by atoms with van der Waals surface area (Å²) in [5.74, 6) is -5.59. The lowest BCUT2D eigenvalue weighted by Crippen LogP contribution is -2.55. The van der Waals surface area contributed by atoms with Crippen molar-refractivity contribution in [2.75, 3.05) is 0 Å². The van der Waals surface area contributed by atoms with Crippen LogP contribution in [-0.2, 0) is 10.3 Å².